The van der Waals surface area contributed by atoms with Gasteiger partial charge in [0.05, 0.1) is 19.0 Å². The van der Waals surface area contributed by atoms with Crippen molar-refractivity contribution in [3.05, 3.63) is 90.2 Å². The largest absolute Gasteiger partial charge is 0.494 e. The van der Waals surface area contributed by atoms with Crippen LogP contribution in [0.5, 0.6) is 5.75 Å². The molecule has 0 saturated carbocycles. The lowest BCUT2D eigenvalue weighted by atomic mass is 9.97. The topological polar surface area (TPSA) is 113 Å². The second kappa shape index (κ2) is 18.1. The van der Waals surface area contributed by atoms with Gasteiger partial charge in [0.15, 0.2) is 5.82 Å². The quantitative estimate of drug-likeness (QED) is 0.106. The number of piperidine rings is 2. The molecule has 4 N–H and O–H groups in total. The number of anilines is 7. The molecule has 5 heterocycles. The van der Waals surface area contributed by atoms with Crippen molar-refractivity contribution in [3.8, 4) is 5.75 Å². The number of rotatable bonds is 13. The first-order valence-electron chi connectivity index (χ1n) is 20.5. The van der Waals surface area contributed by atoms with E-state index in [0.29, 0.717) is 28.7 Å². The maximum Gasteiger partial charge on any atom is 0.246 e. The van der Waals surface area contributed by atoms with E-state index in [2.05, 4.69) is 126 Å². The van der Waals surface area contributed by atoms with Crippen molar-refractivity contribution < 1.29 is 9.53 Å². The Kier molecular flexibility index (Phi) is 12.6. The molecule has 3 aromatic carbocycles. The van der Waals surface area contributed by atoms with Crippen molar-refractivity contribution in [1.29, 1.82) is 0 Å². The normalized spacial score (nSPS) is 19.8. The van der Waals surface area contributed by atoms with Gasteiger partial charge in [-0.3, -0.25) is 9.69 Å². The van der Waals surface area contributed by atoms with Crippen LogP contribution in [0.1, 0.15) is 25.7 Å². The van der Waals surface area contributed by atoms with Gasteiger partial charge in [-0.05, 0) is 86.8 Å². The molecule has 4 aromatic rings. The maximum atomic E-state index is 12.3. The lowest BCUT2D eigenvalue weighted by Crippen LogP contribution is -2.57. The lowest BCUT2D eigenvalue weighted by molar-refractivity contribution is -0.122. The van der Waals surface area contributed by atoms with Gasteiger partial charge in [-0.25, -0.2) is 4.98 Å². The number of piperazine rings is 1. The number of carbonyl (C=O) groups excluding carboxylic acids is 1. The first kappa shape index (κ1) is 40.2. The summed E-state index contributed by atoms with van der Waals surface area (Å²) in [4.78, 5) is 31.8. The predicted octanol–water partition coefficient (Wildman–Crippen LogP) is 6.92. The number of benzene rings is 3. The number of hydrogen-bond acceptors (Lipinski definition) is 11. The monoisotopic (exact) mass is 822 g/mol. The standard InChI is InChI=1S/C44H56ClN10O2P/c1-30-9-15-39(43(56)47-30)48-32-10-12-33(13-11-32)55-28-31(29-55)27-52-21-23-54(24-22-52)34-17-19-53(20-18-34)35-14-16-37(40(25-35)57-2)50-44-46-26-36(45)42(51-44)49-38-7-5-6-8-41(38)58(3)4/h5-8,10-14,16,25-26,31,34,39,48H,1,9,15,17-24,27-29H2,2-4H3,(H,47,56)(H2,46,49,50,51). The highest BCUT2D eigenvalue weighted by atomic mass is 35.5. The van der Waals surface area contributed by atoms with Gasteiger partial charge >= 0.3 is 0 Å². The molecule has 4 aliphatic rings. The van der Waals surface area contributed by atoms with Crippen molar-refractivity contribution in [2.45, 2.75) is 37.8 Å². The van der Waals surface area contributed by atoms with Crippen LogP contribution in [0.25, 0.3) is 0 Å². The van der Waals surface area contributed by atoms with Crippen molar-refractivity contribution in [1.82, 2.24) is 25.1 Å². The Morgan fingerprint density at radius 3 is 2.36 bits per heavy atom. The first-order chi connectivity index (χ1) is 28.2. The zero-order valence-electron chi connectivity index (χ0n) is 33.9. The number of nitrogens with one attached hydrogen (secondary N) is 4. The number of nitrogens with zero attached hydrogens (tertiary/aromatic N) is 6. The number of carbonyl (C=O) groups is 1. The number of hydrogen-bond donors (Lipinski definition) is 4. The van der Waals surface area contributed by atoms with E-state index in [0.717, 1.165) is 107 Å². The summed E-state index contributed by atoms with van der Waals surface area (Å²) in [5, 5.41) is 14.7. The van der Waals surface area contributed by atoms with E-state index in [1.807, 2.05) is 6.07 Å². The second-order valence-electron chi connectivity index (χ2n) is 16.1. The Bertz CT molecular complexity index is 2060. The molecule has 14 heteroatoms. The zero-order chi connectivity index (χ0) is 40.2. The van der Waals surface area contributed by atoms with Crippen LogP contribution in [0.2, 0.25) is 5.02 Å². The number of aromatic nitrogens is 2. The molecule has 1 atom stereocenters. The zero-order valence-corrected chi connectivity index (χ0v) is 35.5. The van der Waals surface area contributed by atoms with Gasteiger partial charge in [0.2, 0.25) is 11.9 Å². The van der Waals surface area contributed by atoms with Crippen LogP contribution in [0, 0.1) is 5.92 Å². The van der Waals surface area contributed by atoms with E-state index in [-0.39, 0.29) is 19.9 Å². The smallest absolute Gasteiger partial charge is 0.246 e. The summed E-state index contributed by atoms with van der Waals surface area (Å²) in [6, 6.07) is 23.6. The molecule has 12 nitrogen and oxygen atoms in total. The van der Waals surface area contributed by atoms with Crippen LogP contribution >= 0.6 is 19.5 Å². The molecule has 4 fully saturated rings. The van der Waals surface area contributed by atoms with Gasteiger partial charge in [0.25, 0.3) is 0 Å². The van der Waals surface area contributed by atoms with E-state index < -0.39 is 0 Å². The number of amides is 1. The van der Waals surface area contributed by atoms with Gasteiger partial charge in [-0.2, -0.15) is 4.98 Å². The Labute approximate surface area is 349 Å². The molecule has 0 radical (unpaired) electrons. The summed E-state index contributed by atoms with van der Waals surface area (Å²) < 4.78 is 5.85. The fraction of sp³-hybridized carbons (Fsp3) is 0.432. The minimum atomic E-state index is -0.305. The molecule has 4 saturated heterocycles. The Hall–Kier alpha value is -4.61. The van der Waals surface area contributed by atoms with Crippen LogP contribution in [0.15, 0.2) is 85.2 Å². The highest BCUT2D eigenvalue weighted by Crippen LogP contribution is 2.35. The molecular weight excluding hydrogens is 767 g/mol. The van der Waals surface area contributed by atoms with E-state index in [9.17, 15) is 4.79 Å². The van der Waals surface area contributed by atoms with Crippen LogP contribution in [-0.4, -0.2) is 117 Å². The fourth-order valence-electron chi connectivity index (χ4n) is 8.65. The van der Waals surface area contributed by atoms with Gasteiger partial charge in [-0.15, -0.1) is 0 Å². The van der Waals surface area contributed by atoms with E-state index in [4.69, 9.17) is 21.3 Å². The maximum absolute atomic E-state index is 12.3. The number of ether oxygens (including phenoxy) is 1. The lowest BCUT2D eigenvalue weighted by Gasteiger charge is -2.46. The van der Waals surface area contributed by atoms with Gasteiger partial charge in [0, 0.05) is 105 Å². The van der Waals surface area contributed by atoms with Crippen molar-refractivity contribution in [3.63, 3.8) is 0 Å². The van der Waals surface area contributed by atoms with E-state index >= 15 is 0 Å². The fourth-order valence-corrected chi connectivity index (χ4v) is 9.79. The summed E-state index contributed by atoms with van der Waals surface area (Å²) in [6.07, 6.45) is 5.53. The highest BCUT2D eigenvalue weighted by molar-refractivity contribution is 7.64. The second-order valence-corrected chi connectivity index (χ2v) is 18.8. The molecule has 0 aliphatic carbocycles. The molecule has 0 spiro atoms. The number of halogens is 1. The van der Waals surface area contributed by atoms with Crippen LogP contribution in [-0.2, 0) is 4.79 Å². The third-order valence-corrected chi connectivity index (χ3v) is 13.6. The van der Waals surface area contributed by atoms with Gasteiger partial charge in [0.1, 0.15) is 16.8 Å². The van der Waals surface area contributed by atoms with Crippen LogP contribution < -0.4 is 41.1 Å². The average Bonchev–Trinajstić information content (AvgIpc) is 3.22. The highest BCUT2D eigenvalue weighted by Gasteiger charge is 2.32. The first-order valence-corrected chi connectivity index (χ1v) is 23.1. The third kappa shape index (κ3) is 9.47. The average molecular weight is 823 g/mol. The Morgan fingerprint density at radius 1 is 0.897 bits per heavy atom. The molecule has 1 aromatic heterocycles. The van der Waals surface area contributed by atoms with E-state index in [1.54, 1.807) is 13.3 Å². The van der Waals surface area contributed by atoms with Gasteiger partial charge in [-0.1, -0.05) is 44.3 Å². The number of para-hydroxylation sites is 1. The van der Waals surface area contributed by atoms with Crippen LogP contribution in [0.4, 0.5) is 40.2 Å². The Balaban J connectivity index is 0.769. The molecule has 306 valence electrons. The van der Waals surface area contributed by atoms with Crippen molar-refractivity contribution >= 4 is 70.9 Å². The predicted molar refractivity (Wildman–Crippen MR) is 241 cm³/mol. The molecule has 4 aliphatic heterocycles. The minimum absolute atomic E-state index is 0.00473. The van der Waals surface area contributed by atoms with Crippen molar-refractivity contribution in [2.24, 2.45) is 5.92 Å². The molecular formula is C44H56ClN10O2P. The molecule has 1 unspecified atom stereocenters. The SMILES string of the molecule is C=C1CCC(Nc2ccc(N3CC(CN4CCN(C5CCN(c6ccc(Nc7ncc(Cl)c(Nc8ccccc8P(C)C)n7)c(OC)c6)CC5)CC4)C3)cc2)C(=O)N1. The third-order valence-electron chi connectivity index (χ3n) is 12.0. The minimum Gasteiger partial charge on any atom is -0.494 e. The summed E-state index contributed by atoms with van der Waals surface area (Å²) >= 11 is 6.53. The summed E-state index contributed by atoms with van der Waals surface area (Å²) in [7, 11) is 1.40. The summed E-state index contributed by atoms with van der Waals surface area (Å²) in [6.45, 7) is 18.3. The van der Waals surface area contributed by atoms with E-state index in [1.165, 1.54) is 23.2 Å². The number of allylic oxidation sites excluding steroid dienone is 1. The molecule has 1 amide bonds. The number of methoxy groups -OCH3 is 1. The molecule has 0 bridgehead atoms. The molecule has 58 heavy (non-hydrogen) atoms. The summed E-state index contributed by atoms with van der Waals surface area (Å²) in [5.74, 6) is 2.45. The van der Waals surface area contributed by atoms with Crippen LogP contribution in [0.3, 0.4) is 0 Å². The Morgan fingerprint density at radius 2 is 1.64 bits per heavy atom. The van der Waals surface area contributed by atoms with Crippen molar-refractivity contribution in [2.75, 3.05) is 105 Å². The summed E-state index contributed by atoms with van der Waals surface area (Å²) in [5.41, 5.74) is 6.01. The molecule has 8 rings (SSSR count). The van der Waals surface area contributed by atoms with Gasteiger partial charge < -0.3 is 40.7 Å².